The number of hydrogen-bond donors (Lipinski definition) is 0. The standard InChI is InChI=1S/C22H16ClNOS/c1-15-6-8-16(9-7-15)20-14-26-22(24-20)13-11-17-10-12-21(25-17)18-4-2-3-5-19(18)23/h2-14H,1H3/b13-11+. The van der Waals surface area contributed by atoms with Crippen molar-refractivity contribution in [3.8, 4) is 22.6 Å². The van der Waals surface area contributed by atoms with E-state index in [1.165, 1.54) is 5.56 Å². The van der Waals surface area contributed by atoms with E-state index in [0.717, 1.165) is 33.3 Å². The van der Waals surface area contributed by atoms with Crippen LogP contribution in [0.3, 0.4) is 0 Å². The first kappa shape index (κ1) is 16.8. The second-order valence-electron chi connectivity index (χ2n) is 5.95. The molecule has 0 atom stereocenters. The highest BCUT2D eigenvalue weighted by molar-refractivity contribution is 7.10. The zero-order chi connectivity index (χ0) is 17.9. The van der Waals surface area contributed by atoms with Crippen molar-refractivity contribution in [1.82, 2.24) is 4.98 Å². The lowest BCUT2D eigenvalue weighted by atomic mass is 10.1. The van der Waals surface area contributed by atoms with E-state index in [2.05, 4.69) is 41.6 Å². The smallest absolute Gasteiger partial charge is 0.136 e. The molecular weight excluding hydrogens is 362 g/mol. The predicted octanol–water partition coefficient (Wildman–Crippen LogP) is 7.20. The van der Waals surface area contributed by atoms with Crippen molar-refractivity contribution in [3.05, 3.63) is 87.4 Å². The molecule has 0 radical (unpaired) electrons. The summed E-state index contributed by atoms with van der Waals surface area (Å²) in [7, 11) is 0. The van der Waals surface area contributed by atoms with Crippen molar-refractivity contribution in [2.45, 2.75) is 6.92 Å². The first-order chi connectivity index (χ1) is 12.7. The summed E-state index contributed by atoms with van der Waals surface area (Å²) < 4.78 is 5.88. The van der Waals surface area contributed by atoms with Gasteiger partial charge in [-0.1, -0.05) is 53.6 Å². The number of hydrogen-bond acceptors (Lipinski definition) is 3. The molecule has 4 aromatic rings. The average Bonchev–Trinajstić information content (AvgIpc) is 3.30. The summed E-state index contributed by atoms with van der Waals surface area (Å²) >= 11 is 7.84. The molecule has 0 bridgehead atoms. The summed E-state index contributed by atoms with van der Waals surface area (Å²) in [6, 6.07) is 19.9. The molecule has 2 nitrogen and oxygen atoms in total. The monoisotopic (exact) mass is 377 g/mol. The van der Waals surface area contributed by atoms with E-state index in [9.17, 15) is 0 Å². The number of thiazole rings is 1. The second kappa shape index (κ2) is 7.32. The van der Waals surface area contributed by atoms with Crippen molar-refractivity contribution in [1.29, 1.82) is 0 Å². The van der Waals surface area contributed by atoms with E-state index in [1.54, 1.807) is 11.3 Å². The SMILES string of the molecule is Cc1ccc(-c2csc(/C=C/c3ccc(-c4ccccc4Cl)o3)n2)cc1. The lowest BCUT2D eigenvalue weighted by molar-refractivity contribution is 0.572. The second-order valence-corrected chi connectivity index (χ2v) is 7.25. The minimum atomic E-state index is 0.681. The Morgan fingerprint density at radius 1 is 0.962 bits per heavy atom. The molecule has 0 fully saturated rings. The van der Waals surface area contributed by atoms with Gasteiger partial charge in [0.05, 0.1) is 10.7 Å². The van der Waals surface area contributed by atoms with Crippen molar-refractivity contribution >= 4 is 35.1 Å². The number of aromatic nitrogens is 1. The maximum absolute atomic E-state index is 6.23. The topological polar surface area (TPSA) is 26.0 Å². The van der Waals surface area contributed by atoms with Crippen LogP contribution in [-0.4, -0.2) is 4.98 Å². The van der Waals surface area contributed by atoms with Crippen LogP contribution in [0.2, 0.25) is 5.02 Å². The predicted molar refractivity (Wildman–Crippen MR) is 110 cm³/mol. The van der Waals surface area contributed by atoms with E-state index in [4.69, 9.17) is 16.0 Å². The number of aryl methyl sites for hydroxylation is 1. The summed E-state index contributed by atoms with van der Waals surface area (Å²) in [5.74, 6) is 1.53. The van der Waals surface area contributed by atoms with Gasteiger partial charge in [-0.15, -0.1) is 11.3 Å². The number of halogens is 1. The minimum absolute atomic E-state index is 0.681. The third kappa shape index (κ3) is 3.64. The highest BCUT2D eigenvalue weighted by atomic mass is 35.5. The fraction of sp³-hybridized carbons (Fsp3) is 0.0455. The van der Waals surface area contributed by atoms with Crippen LogP contribution >= 0.6 is 22.9 Å². The van der Waals surface area contributed by atoms with E-state index in [0.29, 0.717) is 5.02 Å². The number of nitrogens with zero attached hydrogens (tertiary/aromatic N) is 1. The summed E-state index contributed by atoms with van der Waals surface area (Å²) in [5, 5.41) is 3.69. The molecular formula is C22H16ClNOS. The number of benzene rings is 2. The van der Waals surface area contributed by atoms with Crippen LogP contribution in [0.15, 0.2) is 70.5 Å². The van der Waals surface area contributed by atoms with Crippen LogP contribution in [0.5, 0.6) is 0 Å². The molecule has 0 N–H and O–H groups in total. The molecule has 0 aliphatic carbocycles. The van der Waals surface area contributed by atoms with Crippen LogP contribution in [0.4, 0.5) is 0 Å². The number of rotatable bonds is 4. The van der Waals surface area contributed by atoms with E-state index in [1.807, 2.05) is 48.6 Å². The molecule has 0 aliphatic rings. The highest BCUT2D eigenvalue weighted by Crippen LogP contribution is 2.30. The Kier molecular flexibility index (Phi) is 4.74. The van der Waals surface area contributed by atoms with Gasteiger partial charge in [-0.25, -0.2) is 4.98 Å². The van der Waals surface area contributed by atoms with Gasteiger partial charge in [0.15, 0.2) is 0 Å². The normalized spacial score (nSPS) is 11.3. The maximum Gasteiger partial charge on any atom is 0.136 e. The maximum atomic E-state index is 6.23. The lowest BCUT2D eigenvalue weighted by Crippen LogP contribution is -1.78. The van der Waals surface area contributed by atoms with Crippen LogP contribution < -0.4 is 0 Å². The molecule has 0 saturated carbocycles. The molecule has 4 heteroatoms. The quantitative estimate of drug-likeness (QED) is 0.375. The Morgan fingerprint density at radius 3 is 2.58 bits per heavy atom. The zero-order valence-corrected chi connectivity index (χ0v) is 15.7. The highest BCUT2D eigenvalue weighted by Gasteiger charge is 2.07. The molecule has 26 heavy (non-hydrogen) atoms. The average molecular weight is 378 g/mol. The first-order valence-electron chi connectivity index (χ1n) is 8.24. The van der Waals surface area contributed by atoms with Gasteiger partial charge in [-0.2, -0.15) is 0 Å². The van der Waals surface area contributed by atoms with Crippen LogP contribution in [0.25, 0.3) is 34.7 Å². The molecule has 2 heterocycles. The van der Waals surface area contributed by atoms with Crippen LogP contribution in [0, 0.1) is 6.92 Å². The van der Waals surface area contributed by atoms with Crippen molar-refractivity contribution < 1.29 is 4.42 Å². The van der Waals surface area contributed by atoms with Gasteiger partial charge >= 0.3 is 0 Å². The number of furan rings is 1. The Labute approximate surface area is 161 Å². The first-order valence-corrected chi connectivity index (χ1v) is 9.50. The Hall–Kier alpha value is -2.62. The Morgan fingerprint density at radius 2 is 1.77 bits per heavy atom. The van der Waals surface area contributed by atoms with Crippen LogP contribution in [0.1, 0.15) is 16.3 Å². The van der Waals surface area contributed by atoms with Gasteiger partial charge in [0.25, 0.3) is 0 Å². The molecule has 0 unspecified atom stereocenters. The molecule has 2 aromatic carbocycles. The molecule has 0 aliphatic heterocycles. The third-order valence-corrected chi connectivity index (χ3v) is 5.17. The Balaban J connectivity index is 1.52. The van der Waals surface area contributed by atoms with E-state index >= 15 is 0 Å². The van der Waals surface area contributed by atoms with Gasteiger partial charge in [0.2, 0.25) is 0 Å². The van der Waals surface area contributed by atoms with Crippen molar-refractivity contribution in [3.63, 3.8) is 0 Å². The molecule has 0 saturated heterocycles. The minimum Gasteiger partial charge on any atom is -0.457 e. The third-order valence-electron chi connectivity index (χ3n) is 4.03. The summed E-state index contributed by atoms with van der Waals surface area (Å²) in [6.07, 6.45) is 3.90. The summed E-state index contributed by atoms with van der Waals surface area (Å²) in [6.45, 7) is 2.08. The van der Waals surface area contributed by atoms with Gasteiger partial charge in [0.1, 0.15) is 16.5 Å². The van der Waals surface area contributed by atoms with E-state index < -0.39 is 0 Å². The molecule has 128 valence electrons. The molecule has 4 rings (SSSR count). The summed E-state index contributed by atoms with van der Waals surface area (Å²) in [4.78, 5) is 4.67. The largest absolute Gasteiger partial charge is 0.457 e. The molecule has 0 spiro atoms. The van der Waals surface area contributed by atoms with Gasteiger partial charge in [-0.3, -0.25) is 0 Å². The molecule has 0 amide bonds. The van der Waals surface area contributed by atoms with Crippen LogP contribution in [-0.2, 0) is 0 Å². The fourth-order valence-electron chi connectivity index (χ4n) is 2.62. The Bertz CT molecular complexity index is 1060. The zero-order valence-electron chi connectivity index (χ0n) is 14.1. The van der Waals surface area contributed by atoms with Crippen molar-refractivity contribution in [2.75, 3.05) is 0 Å². The van der Waals surface area contributed by atoms with Gasteiger partial charge < -0.3 is 4.42 Å². The van der Waals surface area contributed by atoms with Gasteiger partial charge in [-0.05, 0) is 43.3 Å². The fourth-order valence-corrected chi connectivity index (χ4v) is 3.57. The lowest BCUT2D eigenvalue weighted by Gasteiger charge is -1.98. The van der Waals surface area contributed by atoms with E-state index in [-0.39, 0.29) is 0 Å². The van der Waals surface area contributed by atoms with Crippen molar-refractivity contribution in [2.24, 2.45) is 0 Å². The molecule has 2 aromatic heterocycles. The summed E-state index contributed by atoms with van der Waals surface area (Å²) in [5.41, 5.74) is 4.26. The van der Waals surface area contributed by atoms with Gasteiger partial charge in [0, 0.05) is 16.5 Å².